The van der Waals surface area contributed by atoms with E-state index in [4.69, 9.17) is 14.2 Å². The SMILES string of the molecule is CC1(C)CCc2c(O)c(O[C@@H]3O[C@H](CO)[C@@H](O)[C@H](O)[C@H]3O)c3ccccc3c2O1. The monoisotopic (exact) mass is 406 g/mol. The first-order valence-electron chi connectivity index (χ1n) is 9.66. The summed E-state index contributed by atoms with van der Waals surface area (Å²) in [6.45, 7) is 3.41. The van der Waals surface area contributed by atoms with E-state index in [1.165, 1.54) is 0 Å². The molecule has 0 saturated carbocycles. The van der Waals surface area contributed by atoms with E-state index >= 15 is 0 Å². The molecule has 158 valence electrons. The summed E-state index contributed by atoms with van der Waals surface area (Å²) in [5, 5.41) is 51.9. The number of fused-ring (bicyclic) bond motifs is 3. The van der Waals surface area contributed by atoms with Crippen LogP contribution in [0.1, 0.15) is 25.8 Å². The predicted octanol–water partition coefficient (Wildman–Crippen LogP) is 0.828. The van der Waals surface area contributed by atoms with E-state index in [2.05, 4.69) is 0 Å². The Morgan fingerprint density at radius 1 is 1.07 bits per heavy atom. The largest absolute Gasteiger partial charge is 0.504 e. The summed E-state index contributed by atoms with van der Waals surface area (Å²) in [5.74, 6) is 0.564. The van der Waals surface area contributed by atoms with Gasteiger partial charge in [0.05, 0.1) is 6.61 Å². The van der Waals surface area contributed by atoms with E-state index in [1.54, 1.807) is 12.1 Å². The lowest BCUT2D eigenvalue weighted by Gasteiger charge is -2.40. The van der Waals surface area contributed by atoms with Crippen molar-refractivity contribution in [2.45, 2.75) is 63.0 Å². The average Bonchev–Trinajstić information content (AvgIpc) is 2.70. The van der Waals surface area contributed by atoms with Crippen LogP contribution in [0.4, 0.5) is 0 Å². The topological polar surface area (TPSA) is 129 Å². The summed E-state index contributed by atoms with van der Waals surface area (Å²) in [7, 11) is 0. The molecule has 8 heteroatoms. The highest BCUT2D eigenvalue weighted by Crippen LogP contribution is 2.50. The molecule has 0 aromatic heterocycles. The normalized spacial score (nSPS) is 31.2. The maximum atomic E-state index is 11.0. The molecule has 0 bridgehead atoms. The van der Waals surface area contributed by atoms with Crippen LogP contribution >= 0.6 is 0 Å². The summed E-state index contributed by atoms with van der Waals surface area (Å²) in [6, 6.07) is 7.24. The predicted molar refractivity (Wildman–Crippen MR) is 103 cm³/mol. The maximum Gasteiger partial charge on any atom is 0.229 e. The number of hydrogen-bond acceptors (Lipinski definition) is 8. The molecule has 1 saturated heterocycles. The van der Waals surface area contributed by atoms with E-state index in [0.717, 1.165) is 5.39 Å². The second-order valence-corrected chi connectivity index (χ2v) is 8.21. The minimum Gasteiger partial charge on any atom is -0.504 e. The first-order valence-corrected chi connectivity index (χ1v) is 9.66. The Hall–Kier alpha value is -2.10. The number of ether oxygens (including phenoxy) is 3. The molecule has 5 atom stereocenters. The van der Waals surface area contributed by atoms with Crippen molar-refractivity contribution >= 4 is 10.8 Å². The molecule has 8 nitrogen and oxygen atoms in total. The van der Waals surface area contributed by atoms with Crippen molar-refractivity contribution in [1.82, 2.24) is 0 Å². The van der Waals surface area contributed by atoms with Crippen molar-refractivity contribution in [3.63, 3.8) is 0 Å². The van der Waals surface area contributed by atoms with Crippen molar-refractivity contribution < 1.29 is 39.7 Å². The molecule has 0 unspecified atom stereocenters. The van der Waals surface area contributed by atoms with Gasteiger partial charge in [-0.15, -0.1) is 0 Å². The third-order valence-electron chi connectivity index (χ3n) is 5.63. The fourth-order valence-corrected chi connectivity index (χ4v) is 3.92. The molecule has 29 heavy (non-hydrogen) atoms. The van der Waals surface area contributed by atoms with Crippen LogP contribution in [0, 0.1) is 0 Å². The lowest BCUT2D eigenvalue weighted by molar-refractivity contribution is -0.277. The zero-order valence-corrected chi connectivity index (χ0v) is 16.3. The van der Waals surface area contributed by atoms with Gasteiger partial charge in [-0.05, 0) is 26.7 Å². The Morgan fingerprint density at radius 3 is 2.45 bits per heavy atom. The zero-order valence-electron chi connectivity index (χ0n) is 16.3. The number of aliphatic hydroxyl groups is 4. The lowest BCUT2D eigenvalue weighted by atomic mass is 9.91. The quantitative estimate of drug-likeness (QED) is 0.507. The van der Waals surface area contributed by atoms with Crippen LogP contribution in [0.2, 0.25) is 0 Å². The minimum atomic E-state index is -1.57. The molecule has 0 aliphatic carbocycles. The molecular formula is C21H26O8. The smallest absolute Gasteiger partial charge is 0.229 e. The van der Waals surface area contributed by atoms with E-state index in [1.807, 2.05) is 26.0 Å². The van der Waals surface area contributed by atoms with Gasteiger partial charge in [-0.2, -0.15) is 0 Å². The van der Waals surface area contributed by atoms with Crippen LogP contribution in [0.25, 0.3) is 10.8 Å². The van der Waals surface area contributed by atoms with Gasteiger partial charge in [-0.1, -0.05) is 24.3 Å². The maximum absolute atomic E-state index is 11.0. The summed E-state index contributed by atoms with van der Waals surface area (Å²) >= 11 is 0. The Bertz CT molecular complexity index is 909. The first kappa shape index (κ1) is 20.2. The summed E-state index contributed by atoms with van der Waals surface area (Å²) < 4.78 is 17.4. The molecule has 2 aromatic rings. The number of phenols is 1. The third kappa shape index (κ3) is 3.41. The van der Waals surface area contributed by atoms with Crippen molar-refractivity contribution in [3.05, 3.63) is 29.8 Å². The highest BCUT2D eigenvalue weighted by Gasteiger charge is 2.45. The summed E-state index contributed by atoms with van der Waals surface area (Å²) in [6.07, 6.45) is -5.85. The van der Waals surface area contributed by atoms with Gasteiger partial charge >= 0.3 is 0 Å². The van der Waals surface area contributed by atoms with Crippen molar-refractivity contribution in [2.75, 3.05) is 6.61 Å². The van der Waals surface area contributed by atoms with Gasteiger partial charge in [0.15, 0.2) is 11.5 Å². The van der Waals surface area contributed by atoms with Crippen LogP contribution in [0.15, 0.2) is 24.3 Å². The molecule has 1 fully saturated rings. The Kier molecular flexibility index (Phi) is 5.08. The fourth-order valence-electron chi connectivity index (χ4n) is 3.92. The molecule has 2 heterocycles. The van der Waals surface area contributed by atoms with Crippen LogP contribution < -0.4 is 9.47 Å². The molecule has 4 rings (SSSR count). The van der Waals surface area contributed by atoms with Crippen molar-refractivity contribution in [1.29, 1.82) is 0 Å². The molecule has 0 radical (unpaired) electrons. The van der Waals surface area contributed by atoms with Gasteiger partial charge in [0, 0.05) is 16.3 Å². The van der Waals surface area contributed by atoms with Crippen LogP contribution in [-0.4, -0.2) is 68.4 Å². The number of phenolic OH excluding ortho intramolecular Hbond substituents is 1. The second-order valence-electron chi connectivity index (χ2n) is 8.21. The Morgan fingerprint density at radius 2 is 1.76 bits per heavy atom. The molecule has 2 aliphatic rings. The minimum absolute atomic E-state index is 0.0898. The van der Waals surface area contributed by atoms with Gasteiger partial charge in [0.25, 0.3) is 0 Å². The van der Waals surface area contributed by atoms with Gasteiger partial charge in [0.2, 0.25) is 6.29 Å². The first-order chi connectivity index (χ1) is 13.7. The van der Waals surface area contributed by atoms with Gasteiger partial charge < -0.3 is 39.7 Å². The Balaban J connectivity index is 1.78. The van der Waals surface area contributed by atoms with Gasteiger partial charge in [0.1, 0.15) is 35.8 Å². The van der Waals surface area contributed by atoms with Crippen LogP contribution in [0.5, 0.6) is 17.2 Å². The molecule has 0 amide bonds. The number of benzene rings is 2. The van der Waals surface area contributed by atoms with Gasteiger partial charge in [-0.3, -0.25) is 0 Å². The molecule has 2 aromatic carbocycles. The number of aliphatic hydroxyl groups excluding tert-OH is 4. The second kappa shape index (κ2) is 7.30. The van der Waals surface area contributed by atoms with Crippen molar-refractivity contribution in [2.24, 2.45) is 0 Å². The standard InChI is InChI=1S/C21H26O8/c1-21(2)8-7-12-14(23)19(11-6-4-3-5-10(11)18(12)29-21)28-20-17(26)16(25)15(24)13(9-22)27-20/h3-6,13,15-17,20,22-26H,7-9H2,1-2H3/t13-,15-,16+,17-,20+/m1/s1. The fraction of sp³-hybridized carbons (Fsp3) is 0.524. The molecular weight excluding hydrogens is 380 g/mol. The van der Waals surface area contributed by atoms with Gasteiger partial charge in [-0.25, -0.2) is 0 Å². The van der Waals surface area contributed by atoms with Crippen LogP contribution in [-0.2, 0) is 11.2 Å². The van der Waals surface area contributed by atoms with E-state index < -0.39 is 37.3 Å². The summed E-state index contributed by atoms with van der Waals surface area (Å²) in [4.78, 5) is 0. The van der Waals surface area contributed by atoms with E-state index in [-0.39, 0.29) is 17.1 Å². The molecule has 5 N–H and O–H groups in total. The number of rotatable bonds is 3. The Labute approximate surface area is 167 Å². The van der Waals surface area contributed by atoms with E-state index in [9.17, 15) is 25.5 Å². The highest BCUT2D eigenvalue weighted by molar-refractivity contribution is 5.97. The average molecular weight is 406 g/mol. The lowest BCUT2D eigenvalue weighted by Crippen LogP contribution is -2.60. The molecule has 2 aliphatic heterocycles. The van der Waals surface area contributed by atoms with Crippen molar-refractivity contribution in [3.8, 4) is 17.2 Å². The van der Waals surface area contributed by atoms with Crippen LogP contribution in [0.3, 0.4) is 0 Å². The third-order valence-corrected chi connectivity index (χ3v) is 5.63. The number of aromatic hydroxyl groups is 1. The zero-order chi connectivity index (χ0) is 20.9. The highest BCUT2D eigenvalue weighted by atomic mass is 16.7. The molecule has 0 spiro atoms. The van der Waals surface area contributed by atoms with E-state index in [0.29, 0.717) is 29.5 Å². The summed E-state index contributed by atoms with van der Waals surface area (Å²) in [5.41, 5.74) is 0.226. The number of hydrogen-bond donors (Lipinski definition) is 5.